The summed E-state index contributed by atoms with van der Waals surface area (Å²) in [5.41, 5.74) is 0.694. The van der Waals surface area contributed by atoms with E-state index in [0.29, 0.717) is 34.0 Å². The highest BCUT2D eigenvalue weighted by Gasteiger charge is 2.20. The lowest BCUT2D eigenvalue weighted by molar-refractivity contribution is -0.115. The van der Waals surface area contributed by atoms with Crippen molar-refractivity contribution in [3.63, 3.8) is 0 Å². The number of carbonyl (C=O) groups excluding carboxylic acids is 1. The van der Waals surface area contributed by atoms with E-state index in [9.17, 15) is 4.79 Å². The zero-order valence-corrected chi connectivity index (χ0v) is 14.7. The van der Waals surface area contributed by atoms with Crippen LogP contribution < -0.4 is 10.1 Å². The van der Waals surface area contributed by atoms with Gasteiger partial charge in [0.05, 0.1) is 17.9 Å². The fourth-order valence-corrected chi connectivity index (χ4v) is 2.73. The predicted octanol–water partition coefficient (Wildman–Crippen LogP) is 3.16. The van der Waals surface area contributed by atoms with Gasteiger partial charge in [-0.15, -0.1) is 10.2 Å². The van der Waals surface area contributed by atoms with E-state index in [-0.39, 0.29) is 5.91 Å². The number of hydrogen-bond donors (Lipinski definition) is 1. The molecule has 0 aliphatic rings. The molecule has 8 nitrogen and oxygen atoms in total. The van der Waals surface area contributed by atoms with Crippen LogP contribution in [-0.2, 0) is 4.79 Å². The van der Waals surface area contributed by atoms with Crippen molar-refractivity contribution in [3.05, 3.63) is 36.1 Å². The van der Waals surface area contributed by atoms with Crippen molar-refractivity contribution in [2.24, 2.45) is 0 Å². The Morgan fingerprint density at radius 3 is 2.84 bits per heavy atom. The smallest absolute Gasteiger partial charge is 0.277 e. The van der Waals surface area contributed by atoms with Crippen molar-refractivity contribution in [1.29, 1.82) is 0 Å². The van der Waals surface area contributed by atoms with Crippen molar-refractivity contribution in [2.75, 3.05) is 12.4 Å². The van der Waals surface area contributed by atoms with Gasteiger partial charge in [-0.3, -0.25) is 4.79 Å². The fraction of sp³-hybridized carbons (Fsp3) is 0.250. The highest BCUT2D eigenvalue weighted by molar-refractivity contribution is 8.00. The summed E-state index contributed by atoms with van der Waals surface area (Å²) in [7, 11) is 1.57. The molecule has 1 amide bonds. The molecule has 0 saturated heterocycles. The minimum absolute atomic E-state index is 0.240. The number of methoxy groups -OCH3 is 1. The number of hydrogen-bond acceptors (Lipinski definition) is 8. The summed E-state index contributed by atoms with van der Waals surface area (Å²) in [5.74, 6) is 1.72. The molecule has 3 rings (SSSR count). The van der Waals surface area contributed by atoms with Gasteiger partial charge < -0.3 is 19.0 Å². The van der Waals surface area contributed by atoms with Gasteiger partial charge in [0, 0.05) is 6.07 Å². The Hall–Kier alpha value is -2.81. The van der Waals surface area contributed by atoms with Crippen LogP contribution in [0.2, 0.25) is 0 Å². The van der Waals surface area contributed by atoms with E-state index in [1.165, 1.54) is 0 Å². The van der Waals surface area contributed by atoms with Gasteiger partial charge in [0.1, 0.15) is 11.5 Å². The molecule has 0 aliphatic heterocycles. The van der Waals surface area contributed by atoms with Gasteiger partial charge in [-0.2, -0.15) is 0 Å². The molecule has 3 aromatic rings. The number of aryl methyl sites for hydroxylation is 1. The maximum Gasteiger partial charge on any atom is 0.277 e. The normalized spacial score (nSPS) is 12.0. The summed E-state index contributed by atoms with van der Waals surface area (Å²) in [6.07, 6.45) is 0. The van der Waals surface area contributed by atoms with E-state index in [2.05, 4.69) is 20.7 Å². The Labute approximate surface area is 147 Å². The molecule has 0 radical (unpaired) electrons. The van der Waals surface area contributed by atoms with Gasteiger partial charge in [-0.05, 0) is 26.0 Å². The third-order valence-corrected chi connectivity index (χ3v) is 4.20. The predicted molar refractivity (Wildman–Crippen MR) is 91.5 cm³/mol. The van der Waals surface area contributed by atoms with Crippen LogP contribution in [0.25, 0.3) is 11.5 Å². The highest BCUT2D eigenvalue weighted by Crippen LogP contribution is 2.31. The Bertz CT molecular complexity index is 876. The number of para-hydroxylation sites is 1. The summed E-state index contributed by atoms with van der Waals surface area (Å²) >= 11 is 1.16. The molecular formula is C16H16N4O4S. The lowest BCUT2D eigenvalue weighted by atomic mass is 10.2. The van der Waals surface area contributed by atoms with Gasteiger partial charge in [0.15, 0.2) is 5.82 Å². The topological polar surface area (TPSA) is 103 Å². The number of amides is 1. The van der Waals surface area contributed by atoms with Gasteiger partial charge in [-0.1, -0.05) is 29.1 Å². The Morgan fingerprint density at radius 2 is 2.12 bits per heavy atom. The summed E-state index contributed by atoms with van der Waals surface area (Å²) in [6.45, 7) is 3.48. The molecule has 1 N–H and O–H groups in total. The minimum Gasteiger partial charge on any atom is -0.496 e. The number of rotatable bonds is 6. The largest absolute Gasteiger partial charge is 0.496 e. The fourth-order valence-electron chi connectivity index (χ4n) is 2.05. The van der Waals surface area contributed by atoms with Crippen LogP contribution in [0, 0.1) is 6.92 Å². The number of anilines is 1. The molecule has 0 bridgehead atoms. The zero-order valence-electron chi connectivity index (χ0n) is 13.8. The molecule has 1 atom stereocenters. The molecule has 130 valence electrons. The van der Waals surface area contributed by atoms with Crippen LogP contribution in [0.5, 0.6) is 5.75 Å². The molecule has 1 unspecified atom stereocenters. The van der Waals surface area contributed by atoms with Crippen molar-refractivity contribution in [1.82, 2.24) is 15.4 Å². The third kappa shape index (κ3) is 4.00. The van der Waals surface area contributed by atoms with E-state index < -0.39 is 5.25 Å². The first-order valence-corrected chi connectivity index (χ1v) is 8.32. The second kappa shape index (κ2) is 7.39. The highest BCUT2D eigenvalue weighted by atomic mass is 32.2. The Kier molecular flexibility index (Phi) is 5.03. The lowest BCUT2D eigenvalue weighted by Crippen LogP contribution is -2.22. The van der Waals surface area contributed by atoms with Crippen LogP contribution in [-0.4, -0.2) is 33.6 Å². The second-order valence-electron chi connectivity index (χ2n) is 5.15. The molecule has 25 heavy (non-hydrogen) atoms. The monoisotopic (exact) mass is 360 g/mol. The molecular weight excluding hydrogens is 344 g/mol. The SMILES string of the molecule is COc1ccccc1-c1nnc(SC(C)C(=O)Nc2cc(C)on2)o1. The number of nitrogens with zero attached hydrogens (tertiary/aromatic N) is 3. The number of nitrogens with one attached hydrogen (secondary N) is 1. The Morgan fingerprint density at radius 1 is 1.32 bits per heavy atom. The number of ether oxygens (including phenoxy) is 1. The van der Waals surface area contributed by atoms with Gasteiger partial charge in [-0.25, -0.2) is 0 Å². The maximum absolute atomic E-state index is 12.2. The molecule has 0 fully saturated rings. The number of carbonyl (C=O) groups is 1. The average molecular weight is 360 g/mol. The first-order valence-electron chi connectivity index (χ1n) is 7.44. The summed E-state index contributed by atoms with van der Waals surface area (Å²) in [6, 6.07) is 8.98. The van der Waals surface area contributed by atoms with Crippen LogP contribution in [0.3, 0.4) is 0 Å². The molecule has 1 aromatic carbocycles. The quantitative estimate of drug-likeness (QED) is 0.669. The van der Waals surface area contributed by atoms with Crippen molar-refractivity contribution in [2.45, 2.75) is 24.3 Å². The maximum atomic E-state index is 12.2. The van der Waals surface area contributed by atoms with Gasteiger partial charge in [0.2, 0.25) is 5.91 Å². The van der Waals surface area contributed by atoms with E-state index in [0.717, 1.165) is 11.8 Å². The van der Waals surface area contributed by atoms with Crippen molar-refractivity contribution < 1.29 is 18.5 Å². The standard InChI is InChI=1S/C16H16N4O4S/c1-9-8-13(20-24-9)17-14(21)10(2)25-16-19-18-15(23-16)11-6-4-5-7-12(11)22-3/h4-8,10H,1-3H3,(H,17,20,21). The van der Waals surface area contributed by atoms with Crippen molar-refractivity contribution >= 4 is 23.5 Å². The summed E-state index contributed by atoms with van der Waals surface area (Å²) in [4.78, 5) is 12.2. The average Bonchev–Trinajstić information content (AvgIpc) is 3.23. The Balaban J connectivity index is 1.67. The molecule has 9 heteroatoms. The second-order valence-corrected chi connectivity index (χ2v) is 6.44. The van der Waals surface area contributed by atoms with E-state index >= 15 is 0 Å². The number of thioether (sulfide) groups is 1. The molecule has 2 heterocycles. The van der Waals surface area contributed by atoms with E-state index in [1.54, 1.807) is 27.0 Å². The van der Waals surface area contributed by atoms with Crippen LogP contribution in [0.15, 0.2) is 44.5 Å². The molecule has 0 spiro atoms. The number of benzene rings is 1. The van der Waals surface area contributed by atoms with Crippen LogP contribution >= 0.6 is 11.8 Å². The van der Waals surface area contributed by atoms with E-state index in [4.69, 9.17) is 13.7 Å². The first-order chi connectivity index (χ1) is 12.1. The van der Waals surface area contributed by atoms with Gasteiger partial charge >= 0.3 is 0 Å². The minimum atomic E-state index is -0.456. The first kappa shape index (κ1) is 17.0. The van der Waals surface area contributed by atoms with E-state index in [1.807, 2.05) is 24.3 Å². The van der Waals surface area contributed by atoms with Crippen LogP contribution in [0.1, 0.15) is 12.7 Å². The van der Waals surface area contributed by atoms with Crippen molar-refractivity contribution in [3.8, 4) is 17.2 Å². The molecule has 0 saturated carbocycles. The van der Waals surface area contributed by atoms with Gasteiger partial charge in [0.25, 0.3) is 11.1 Å². The zero-order chi connectivity index (χ0) is 17.8. The summed E-state index contributed by atoms with van der Waals surface area (Å²) in [5, 5.41) is 14.2. The third-order valence-electron chi connectivity index (χ3n) is 3.27. The molecule has 2 aromatic heterocycles. The molecule has 0 aliphatic carbocycles. The summed E-state index contributed by atoms with van der Waals surface area (Å²) < 4.78 is 15.8. The van der Waals surface area contributed by atoms with Crippen LogP contribution in [0.4, 0.5) is 5.82 Å². The number of aromatic nitrogens is 3. The lowest BCUT2D eigenvalue weighted by Gasteiger charge is -2.07.